The number of halogens is 2. The van der Waals surface area contributed by atoms with Crippen molar-refractivity contribution in [2.24, 2.45) is 0 Å². The first-order valence-electron chi connectivity index (χ1n) is 7.27. The molecule has 0 fully saturated rings. The van der Waals surface area contributed by atoms with Crippen LogP contribution in [0, 0.1) is 11.6 Å². The van der Waals surface area contributed by atoms with Crippen LogP contribution >= 0.6 is 0 Å². The third kappa shape index (κ3) is 4.04. The average molecular weight is 305 g/mol. The number of hydrogen-bond donors (Lipinski definition) is 0. The van der Waals surface area contributed by atoms with Crippen LogP contribution in [0.25, 0.3) is 0 Å². The maximum atomic E-state index is 13.7. The maximum Gasteiger partial charge on any atom is 0.163 e. The fourth-order valence-corrected chi connectivity index (χ4v) is 2.35. The van der Waals surface area contributed by atoms with Gasteiger partial charge in [0, 0.05) is 18.2 Å². The van der Waals surface area contributed by atoms with E-state index >= 15 is 0 Å². The summed E-state index contributed by atoms with van der Waals surface area (Å²) in [6.45, 7) is 2.45. The molecular weight excluding hydrogens is 284 g/mol. The second kappa shape index (κ2) is 7.36. The van der Waals surface area contributed by atoms with E-state index in [0.29, 0.717) is 12.1 Å². The minimum Gasteiger partial charge on any atom is -0.497 e. The summed E-state index contributed by atoms with van der Waals surface area (Å²) in [7, 11) is 3.55. The van der Waals surface area contributed by atoms with Gasteiger partial charge in [-0.15, -0.1) is 0 Å². The number of rotatable bonds is 6. The Morgan fingerprint density at radius 2 is 1.77 bits per heavy atom. The molecule has 1 atom stereocenters. The lowest BCUT2D eigenvalue weighted by Gasteiger charge is -2.25. The second-order valence-corrected chi connectivity index (χ2v) is 5.53. The van der Waals surface area contributed by atoms with Crippen LogP contribution in [0.2, 0.25) is 0 Å². The molecular formula is C18H21F2NO. The molecule has 2 rings (SSSR count). The first-order chi connectivity index (χ1) is 10.5. The van der Waals surface area contributed by atoms with E-state index < -0.39 is 11.6 Å². The normalized spacial score (nSPS) is 12.5. The SMILES string of the molecule is COc1ccc(CC(C)N(C)Cc2cccc(F)c2F)cc1. The fraction of sp³-hybridized carbons (Fsp3) is 0.333. The van der Waals surface area contributed by atoms with E-state index in [4.69, 9.17) is 4.74 Å². The molecule has 0 N–H and O–H groups in total. The summed E-state index contributed by atoms with van der Waals surface area (Å²) in [4.78, 5) is 2.02. The van der Waals surface area contributed by atoms with Crippen molar-refractivity contribution in [3.05, 3.63) is 65.2 Å². The van der Waals surface area contributed by atoms with E-state index in [2.05, 4.69) is 6.92 Å². The number of benzene rings is 2. The highest BCUT2D eigenvalue weighted by Gasteiger charge is 2.14. The van der Waals surface area contributed by atoms with Crippen molar-refractivity contribution in [2.75, 3.05) is 14.2 Å². The van der Waals surface area contributed by atoms with Gasteiger partial charge in [-0.05, 0) is 44.2 Å². The molecule has 4 heteroatoms. The summed E-state index contributed by atoms with van der Waals surface area (Å²) in [6.07, 6.45) is 0.831. The number of likely N-dealkylation sites (N-methyl/N-ethyl adjacent to an activating group) is 1. The minimum absolute atomic E-state index is 0.205. The first kappa shape index (κ1) is 16.4. The van der Waals surface area contributed by atoms with Crippen molar-refractivity contribution < 1.29 is 13.5 Å². The lowest BCUT2D eigenvalue weighted by Crippen LogP contribution is -2.30. The highest BCUT2D eigenvalue weighted by Crippen LogP contribution is 2.17. The van der Waals surface area contributed by atoms with Crippen molar-refractivity contribution >= 4 is 0 Å². The van der Waals surface area contributed by atoms with Crippen molar-refractivity contribution in [1.29, 1.82) is 0 Å². The lowest BCUT2D eigenvalue weighted by atomic mass is 10.1. The molecule has 0 heterocycles. The van der Waals surface area contributed by atoms with E-state index in [-0.39, 0.29) is 6.04 Å². The molecule has 0 amide bonds. The summed E-state index contributed by atoms with van der Waals surface area (Å²) < 4.78 is 32.1. The fourth-order valence-electron chi connectivity index (χ4n) is 2.35. The van der Waals surface area contributed by atoms with Gasteiger partial charge in [-0.1, -0.05) is 24.3 Å². The van der Waals surface area contributed by atoms with Crippen LogP contribution in [0.15, 0.2) is 42.5 Å². The predicted molar refractivity (Wildman–Crippen MR) is 84.0 cm³/mol. The Morgan fingerprint density at radius 3 is 2.41 bits per heavy atom. The predicted octanol–water partition coefficient (Wildman–Crippen LogP) is 4.04. The van der Waals surface area contributed by atoms with Gasteiger partial charge in [-0.25, -0.2) is 8.78 Å². The lowest BCUT2D eigenvalue weighted by molar-refractivity contribution is 0.243. The molecule has 0 aliphatic heterocycles. The molecule has 22 heavy (non-hydrogen) atoms. The van der Waals surface area contributed by atoms with Gasteiger partial charge in [0.1, 0.15) is 5.75 Å². The Balaban J connectivity index is 1.99. The summed E-state index contributed by atoms with van der Waals surface area (Å²) in [6, 6.07) is 12.4. The van der Waals surface area contributed by atoms with Gasteiger partial charge in [-0.3, -0.25) is 4.90 Å². The van der Waals surface area contributed by atoms with Crippen LogP contribution in [-0.4, -0.2) is 25.1 Å². The zero-order valence-corrected chi connectivity index (χ0v) is 13.1. The third-order valence-electron chi connectivity index (χ3n) is 3.89. The molecule has 0 saturated heterocycles. The zero-order chi connectivity index (χ0) is 16.1. The minimum atomic E-state index is -0.797. The van der Waals surface area contributed by atoms with Crippen LogP contribution in [-0.2, 0) is 13.0 Å². The average Bonchev–Trinajstić information content (AvgIpc) is 2.52. The molecule has 1 unspecified atom stereocenters. The van der Waals surface area contributed by atoms with Crippen molar-refractivity contribution in [3.8, 4) is 5.75 Å². The van der Waals surface area contributed by atoms with Crippen LogP contribution in [0.1, 0.15) is 18.1 Å². The van der Waals surface area contributed by atoms with Crippen LogP contribution in [0.3, 0.4) is 0 Å². The Labute approximate surface area is 130 Å². The first-order valence-corrected chi connectivity index (χ1v) is 7.27. The molecule has 2 aromatic rings. The zero-order valence-electron chi connectivity index (χ0n) is 13.1. The van der Waals surface area contributed by atoms with Crippen LogP contribution in [0.5, 0.6) is 5.75 Å². The number of hydrogen-bond acceptors (Lipinski definition) is 2. The molecule has 2 nitrogen and oxygen atoms in total. The highest BCUT2D eigenvalue weighted by atomic mass is 19.2. The highest BCUT2D eigenvalue weighted by molar-refractivity contribution is 5.27. The van der Waals surface area contributed by atoms with E-state index in [0.717, 1.165) is 18.2 Å². The van der Waals surface area contributed by atoms with Crippen molar-refractivity contribution in [2.45, 2.75) is 25.9 Å². The van der Waals surface area contributed by atoms with Crippen LogP contribution < -0.4 is 4.74 Å². The van der Waals surface area contributed by atoms with Crippen LogP contribution in [0.4, 0.5) is 8.78 Å². The van der Waals surface area contributed by atoms with Crippen molar-refractivity contribution in [1.82, 2.24) is 4.90 Å². The van der Waals surface area contributed by atoms with Gasteiger partial charge < -0.3 is 4.74 Å². The van der Waals surface area contributed by atoms with E-state index in [9.17, 15) is 8.78 Å². The number of nitrogens with zero attached hydrogens (tertiary/aromatic N) is 1. The Hall–Kier alpha value is -1.94. The van der Waals surface area contributed by atoms with Gasteiger partial charge in [0.2, 0.25) is 0 Å². The van der Waals surface area contributed by atoms with Gasteiger partial charge in [-0.2, -0.15) is 0 Å². The number of methoxy groups -OCH3 is 1. The Bertz CT molecular complexity index is 613. The van der Waals surface area contributed by atoms with E-state index in [1.54, 1.807) is 13.2 Å². The monoisotopic (exact) mass is 305 g/mol. The smallest absolute Gasteiger partial charge is 0.163 e. The quantitative estimate of drug-likeness (QED) is 0.799. The Kier molecular flexibility index (Phi) is 5.50. The molecule has 0 spiro atoms. The largest absolute Gasteiger partial charge is 0.497 e. The van der Waals surface area contributed by atoms with E-state index in [1.165, 1.54) is 11.6 Å². The topological polar surface area (TPSA) is 12.5 Å². The molecule has 0 aliphatic rings. The third-order valence-corrected chi connectivity index (χ3v) is 3.89. The van der Waals surface area contributed by atoms with Gasteiger partial charge in [0.05, 0.1) is 7.11 Å². The molecule has 0 aliphatic carbocycles. The summed E-state index contributed by atoms with van der Waals surface area (Å²) in [5.74, 6) is -0.730. The van der Waals surface area contributed by atoms with Gasteiger partial charge in [0.25, 0.3) is 0 Å². The molecule has 0 aromatic heterocycles. The number of ether oxygens (including phenoxy) is 1. The van der Waals surface area contributed by atoms with Gasteiger partial charge in [0.15, 0.2) is 11.6 Å². The molecule has 2 aromatic carbocycles. The molecule has 0 bridgehead atoms. The van der Waals surface area contributed by atoms with Gasteiger partial charge >= 0.3 is 0 Å². The molecule has 0 saturated carbocycles. The molecule has 118 valence electrons. The summed E-state index contributed by atoms with van der Waals surface area (Å²) in [5, 5.41) is 0. The summed E-state index contributed by atoms with van der Waals surface area (Å²) in [5.41, 5.74) is 1.56. The Morgan fingerprint density at radius 1 is 1.09 bits per heavy atom. The molecule has 0 radical (unpaired) electrons. The summed E-state index contributed by atoms with van der Waals surface area (Å²) >= 11 is 0. The van der Waals surface area contributed by atoms with Crippen molar-refractivity contribution in [3.63, 3.8) is 0 Å². The standard InChI is InChI=1S/C18H21F2NO/c1-13(11-14-7-9-16(22-3)10-8-14)21(2)12-15-5-4-6-17(19)18(15)20/h4-10,13H,11-12H2,1-3H3. The second-order valence-electron chi connectivity index (χ2n) is 5.53. The maximum absolute atomic E-state index is 13.7. The van der Waals surface area contributed by atoms with E-state index in [1.807, 2.05) is 36.2 Å².